The summed E-state index contributed by atoms with van der Waals surface area (Å²) in [5.74, 6) is -0.415. The summed E-state index contributed by atoms with van der Waals surface area (Å²) >= 11 is 0. The van der Waals surface area contributed by atoms with E-state index in [9.17, 15) is 14.9 Å². The normalized spacial score (nSPS) is 10.3. The number of nitrogens with two attached hydrogens (primary N) is 1. The number of nitrogens with zero attached hydrogens (tertiary/aromatic N) is 3. The average molecular weight is 289 g/mol. The molecule has 0 aliphatic carbocycles. The number of imidazole rings is 1. The van der Waals surface area contributed by atoms with Crippen LogP contribution in [0.15, 0.2) is 36.9 Å². The van der Waals surface area contributed by atoms with Gasteiger partial charge in [-0.05, 0) is 12.5 Å². The lowest BCUT2D eigenvalue weighted by Crippen LogP contribution is -2.26. The van der Waals surface area contributed by atoms with Crippen LogP contribution in [0.2, 0.25) is 0 Å². The highest BCUT2D eigenvalue weighted by Crippen LogP contribution is 2.24. The molecule has 0 bridgehead atoms. The molecule has 1 aromatic heterocycles. The molecule has 1 amide bonds. The monoisotopic (exact) mass is 289 g/mol. The minimum atomic E-state index is -0.606. The number of hydrogen-bond donors (Lipinski definition) is 2. The molecule has 2 rings (SSSR count). The van der Waals surface area contributed by atoms with Crippen molar-refractivity contribution < 1.29 is 9.72 Å². The second-order valence-electron chi connectivity index (χ2n) is 4.41. The van der Waals surface area contributed by atoms with Gasteiger partial charge < -0.3 is 15.6 Å². The number of anilines is 1. The third kappa shape index (κ3) is 3.56. The number of benzene rings is 1. The Morgan fingerprint density at radius 3 is 2.95 bits per heavy atom. The van der Waals surface area contributed by atoms with Gasteiger partial charge in [-0.3, -0.25) is 14.9 Å². The highest BCUT2D eigenvalue weighted by Gasteiger charge is 2.18. The van der Waals surface area contributed by atoms with Gasteiger partial charge in [0.15, 0.2) is 0 Å². The van der Waals surface area contributed by atoms with Crippen molar-refractivity contribution in [2.75, 3.05) is 12.3 Å². The molecular formula is C13H15N5O3. The Balaban J connectivity index is 1.91. The Morgan fingerprint density at radius 2 is 2.29 bits per heavy atom. The number of amides is 1. The first-order valence-electron chi connectivity index (χ1n) is 6.36. The molecule has 1 heterocycles. The number of nitro groups is 1. The lowest BCUT2D eigenvalue weighted by atomic mass is 10.1. The second-order valence-corrected chi connectivity index (χ2v) is 4.41. The summed E-state index contributed by atoms with van der Waals surface area (Å²) in [6, 6.07) is 4.17. The van der Waals surface area contributed by atoms with E-state index in [0.717, 1.165) is 13.0 Å². The minimum absolute atomic E-state index is 0.116. The summed E-state index contributed by atoms with van der Waals surface area (Å²) < 4.78 is 1.90. The summed E-state index contributed by atoms with van der Waals surface area (Å²) in [6.07, 6.45) is 5.93. The summed E-state index contributed by atoms with van der Waals surface area (Å²) in [7, 11) is 0. The van der Waals surface area contributed by atoms with Crippen LogP contribution in [0.1, 0.15) is 16.8 Å². The van der Waals surface area contributed by atoms with Gasteiger partial charge in [-0.1, -0.05) is 6.07 Å². The predicted molar refractivity (Wildman–Crippen MR) is 76.7 cm³/mol. The fraction of sp³-hybridized carbons (Fsp3) is 0.231. The number of carbonyl (C=O) groups excluding carboxylic acids is 1. The SMILES string of the molecule is Nc1c(C(=O)NCCCn2ccnc2)cccc1[N+](=O)[O-]. The van der Waals surface area contributed by atoms with Gasteiger partial charge in [0.2, 0.25) is 0 Å². The summed E-state index contributed by atoms with van der Waals surface area (Å²) in [5.41, 5.74) is 5.39. The van der Waals surface area contributed by atoms with Gasteiger partial charge in [0.25, 0.3) is 11.6 Å². The largest absolute Gasteiger partial charge is 0.393 e. The summed E-state index contributed by atoms with van der Waals surface area (Å²) in [6.45, 7) is 1.17. The average Bonchev–Trinajstić information content (AvgIpc) is 2.96. The first kappa shape index (κ1) is 14.5. The molecule has 0 radical (unpaired) electrons. The van der Waals surface area contributed by atoms with Crippen molar-refractivity contribution in [2.45, 2.75) is 13.0 Å². The maximum absolute atomic E-state index is 12.0. The molecule has 0 saturated heterocycles. The van der Waals surface area contributed by atoms with E-state index in [2.05, 4.69) is 10.3 Å². The Morgan fingerprint density at radius 1 is 1.48 bits per heavy atom. The summed E-state index contributed by atoms with van der Waals surface area (Å²) in [5, 5.41) is 13.5. The first-order chi connectivity index (χ1) is 10.1. The molecule has 8 nitrogen and oxygen atoms in total. The van der Waals surface area contributed by atoms with Crippen molar-refractivity contribution in [3.05, 3.63) is 52.6 Å². The van der Waals surface area contributed by atoms with Gasteiger partial charge in [-0.2, -0.15) is 0 Å². The van der Waals surface area contributed by atoms with Crippen LogP contribution in [0.4, 0.5) is 11.4 Å². The van der Waals surface area contributed by atoms with Gasteiger partial charge in [0, 0.05) is 31.5 Å². The molecule has 3 N–H and O–H groups in total. The van der Waals surface area contributed by atoms with E-state index in [1.807, 2.05) is 10.8 Å². The van der Waals surface area contributed by atoms with Crippen molar-refractivity contribution in [2.24, 2.45) is 0 Å². The van der Waals surface area contributed by atoms with Crippen LogP contribution in [-0.4, -0.2) is 26.9 Å². The number of rotatable bonds is 6. The Labute approximate surface area is 120 Å². The minimum Gasteiger partial charge on any atom is -0.393 e. The third-order valence-electron chi connectivity index (χ3n) is 2.96. The van der Waals surface area contributed by atoms with E-state index in [4.69, 9.17) is 5.73 Å². The highest BCUT2D eigenvalue weighted by atomic mass is 16.6. The number of aryl methyl sites for hydroxylation is 1. The predicted octanol–water partition coefficient (Wildman–Crippen LogP) is 1.19. The smallest absolute Gasteiger partial charge is 0.292 e. The van der Waals surface area contributed by atoms with Crippen molar-refractivity contribution in [3.8, 4) is 0 Å². The van der Waals surface area contributed by atoms with Crippen molar-refractivity contribution in [1.82, 2.24) is 14.9 Å². The highest BCUT2D eigenvalue weighted by molar-refractivity contribution is 6.00. The molecule has 0 atom stereocenters. The molecule has 0 saturated carbocycles. The quantitative estimate of drug-likeness (QED) is 0.358. The maximum atomic E-state index is 12.0. The molecule has 110 valence electrons. The number of para-hydroxylation sites is 1. The van der Waals surface area contributed by atoms with Crippen molar-refractivity contribution >= 4 is 17.3 Å². The molecule has 2 aromatic rings. The van der Waals surface area contributed by atoms with Crippen LogP contribution in [-0.2, 0) is 6.54 Å². The van der Waals surface area contributed by atoms with Gasteiger partial charge in [-0.15, -0.1) is 0 Å². The standard InChI is InChI=1S/C13H15N5O3/c14-12-10(3-1-4-11(12)18(20)21)13(19)16-5-2-7-17-8-6-15-9-17/h1,3-4,6,8-9H,2,5,7,14H2,(H,16,19). The van der Waals surface area contributed by atoms with Gasteiger partial charge in [0.05, 0.1) is 16.8 Å². The second kappa shape index (κ2) is 6.51. The zero-order chi connectivity index (χ0) is 15.2. The number of hydrogen-bond acceptors (Lipinski definition) is 5. The van der Waals surface area contributed by atoms with Crippen LogP contribution >= 0.6 is 0 Å². The molecule has 21 heavy (non-hydrogen) atoms. The molecule has 0 spiro atoms. The third-order valence-corrected chi connectivity index (χ3v) is 2.96. The van der Waals surface area contributed by atoms with Crippen LogP contribution in [0, 0.1) is 10.1 Å². The molecule has 0 aliphatic heterocycles. The molecular weight excluding hydrogens is 274 g/mol. The zero-order valence-corrected chi connectivity index (χ0v) is 11.2. The first-order valence-corrected chi connectivity index (χ1v) is 6.36. The maximum Gasteiger partial charge on any atom is 0.292 e. The van der Waals surface area contributed by atoms with E-state index < -0.39 is 10.8 Å². The van der Waals surface area contributed by atoms with Crippen LogP contribution in [0.5, 0.6) is 0 Å². The fourth-order valence-corrected chi connectivity index (χ4v) is 1.89. The number of carbonyl (C=O) groups is 1. The summed E-state index contributed by atoms with van der Waals surface area (Å²) in [4.78, 5) is 26.1. The Hall–Kier alpha value is -2.90. The van der Waals surface area contributed by atoms with Crippen LogP contribution in [0.3, 0.4) is 0 Å². The van der Waals surface area contributed by atoms with E-state index in [-0.39, 0.29) is 16.9 Å². The molecule has 8 heteroatoms. The lowest BCUT2D eigenvalue weighted by molar-refractivity contribution is -0.383. The van der Waals surface area contributed by atoms with Gasteiger partial charge in [0.1, 0.15) is 5.69 Å². The molecule has 0 fully saturated rings. The van der Waals surface area contributed by atoms with Gasteiger partial charge in [-0.25, -0.2) is 4.98 Å². The fourth-order valence-electron chi connectivity index (χ4n) is 1.89. The Kier molecular flexibility index (Phi) is 4.50. The molecule has 1 aromatic carbocycles. The van der Waals surface area contributed by atoms with Crippen molar-refractivity contribution in [3.63, 3.8) is 0 Å². The van der Waals surface area contributed by atoms with E-state index >= 15 is 0 Å². The lowest BCUT2D eigenvalue weighted by Gasteiger charge is -2.08. The van der Waals surface area contributed by atoms with E-state index in [1.54, 1.807) is 12.5 Å². The number of nitrogen functional groups attached to an aromatic ring is 1. The number of aromatic nitrogens is 2. The molecule has 0 aliphatic rings. The topological polar surface area (TPSA) is 116 Å². The molecule has 0 unspecified atom stereocenters. The van der Waals surface area contributed by atoms with E-state index in [0.29, 0.717) is 6.54 Å². The van der Waals surface area contributed by atoms with E-state index in [1.165, 1.54) is 18.2 Å². The number of nitro benzene ring substituents is 1. The van der Waals surface area contributed by atoms with Crippen LogP contribution < -0.4 is 11.1 Å². The number of nitrogens with one attached hydrogen (secondary N) is 1. The van der Waals surface area contributed by atoms with Crippen LogP contribution in [0.25, 0.3) is 0 Å². The Bertz CT molecular complexity index is 639. The van der Waals surface area contributed by atoms with Gasteiger partial charge >= 0.3 is 0 Å². The zero-order valence-electron chi connectivity index (χ0n) is 11.2. The van der Waals surface area contributed by atoms with Crippen molar-refractivity contribution in [1.29, 1.82) is 0 Å².